The van der Waals surface area contributed by atoms with Crippen LogP contribution in [0.25, 0.3) is 0 Å². The second-order valence-corrected chi connectivity index (χ2v) is 4.63. The monoisotopic (exact) mass is 297 g/mol. The Morgan fingerprint density at radius 3 is 2.82 bits per heavy atom. The molecule has 0 saturated carbocycles. The van der Waals surface area contributed by atoms with E-state index in [2.05, 4.69) is 21.2 Å². The van der Waals surface area contributed by atoms with E-state index in [1.165, 1.54) is 6.07 Å². The van der Waals surface area contributed by atoms with Gasteiger partial charge in [0.1, 0.15) is 5.82 Å². The first-order valence-corrected chi connectivity index (χ1v) is 6.22. The van der Waals surface area contributed by atoms with Crippen molar-refractivity contribution in [2.75, 3.05) is 6.54 Å². The molecule has 1 aromatic heterocycles. The minimum absolute atomic E-state index is 0.174. The van der Waals surface area contributed by atoms with Crippen molar-refractivity contribution in [2.45, 2.75) is 13.0 Å². The summed E-state index contributed by atoms with van der Waals surface area (Å²) in [5.74, 6) is -0.230. The van der Waals surface area contributed by atoms with Crippen molar-refractivity contribution in [3.63, 3.8) is 0 Å². The summed E-state index contributed by atoms with van der Waals surface area (Å²) >= 11 is 3.25. The Balaban J connectivity index is 2.39. The van der Waals surface area contributed by atoms with Crippen molar-refractivity contribution in [1.29, 1.82) is 0 Å². The Kier molecular flexibility index (Phi) is 3.97. The van der Waals surface area contributed by atoms with E-state index in [-0.39, 0.29) is 11.9 Å². The molecule has 1 heterocycles. The fourth-order valence-electron chi connectivity index (χ4n) is 1.79. The highest BCUT2D eigenvalue weighted by molar-refractivity contribution is 9.10. The Hall–Kier alpha value is -1.13. The fraction of sp³-hybridized carbons (Fsp3) is 0.231. The maximum absolute atomic E-state index is 13.9. The molecule has 0 radical (unpaired) electrons. The van der Waals surface area contributed by atoms with Gasteiger partial charge < -0.3 is 9.73 Å². The molecule has 0 spiro atoms. The molecule has 0 fully saturated rings. The number of benzene rings is 1. The number of furan rings is 1. The van der Waals surface area contributed by atoms with E-state index in [0.29, 0.717) is 5.56 Å². The maximum atomic E-state index is 13.9. The predicted octanol–water partition coefficient (Wildman–Crippen LogP) is 3.88. The molecular weight excluding hydrogens is 285 g/mol. The van der Waals surface area contributed by atoms with Crippen LogP contribution in [0.5, 0.6) is 0 Å². The van der Waals surface area contributed by atoms with Crippen molar-refractivity contribution < 1.29 is 8.81 Å². The van der Waals surface area contributed by atoms with Gasteiger partial charge in [-0.2, -0.15) is 0 Å². The van der Waals surface area contributed by atoms with Crippen LogP contribution >= 0.6 is 15.9 Å². The fourth-order valence-corrected chi connectivity index (χ4v) is 2.12. The van der Waals surface area contributed by atoms with E-state index >= 15 is 0 Å². The summed E-state index contributed by atoms with van der Waals surface area (Å²) in [4.78, 5) is 0. The van der Waals surface area contributed by atoms with Crippen LogP contribution in [0.15, 0.2) is 45.7 Å². The molecule has 1 aromatic carbocycles. The van der Waals surface area contributed by atoms with Crippen molar-refractivity contribution in [3.05, 3.63) is 58.2 Å². The minimum atomic E-state index is -0.230. The number of rotatable bonds is 4. The zero-order chi connectivity index (χ0) is 12.3. The van der Waals surface area contributed by atoms with Crippen LogP contribution in [0.4, 0.5) is 4.39 Å². The maximum Gasteiger partial charge on any atom is 0.129 e. The highest BCUT2D eigenvalue weighted by atomic mass is 79.9. The van der Waals surface area contributed by atoms with Gasteiger partial charge >= 0.3 is 0 Å². The SMILES string of the molecule is CCNC(c1ccoc1)c1ccc(Br)cc1F. The molecule has 0 aliphatic carbocycles. The van der Waals surface area contributed by atoms with Crippen LogP contribution in [0.3, 0.4) is 0 Å². The van der Waals surface area contributed by atoms with Crippen LogP contribution in [0.1, 0.15) is 24.1 Å². The average Bonchev–Trinajstić information content (AvgIpc) is 2.80. The molecule has 0 aliphatic rings. The third-order valence-electron chi connectivity index (χ3n) is 2.56. The van der Waals surface area contributed by atoms with Crippen LogP contribution in [0.2, 0.25) is 0 Å². The summed E-state index contributed by atoms with van der Waals surface area (Å²) in [5.41, 5.74) is 1.55. The van der Waals surface area contributed by atoms with Gasteiger partial charge in [-0.3, -0.25) is 0 Å². The van der Waals surface area contributed by atoms with Crippen LogP contribution < -0.4 is 5.32 Å². The third kappa shape index (κ3) is 2.76. The van der Waals surface area contributed by atoms with Crippen LogP contribution in [-0.2, 0) is 0 Å². The largest absolute Gasteiger partial charge is 0.472 e. The van der Waals surface area contributed by atoms with Gasteiger partial charge in [0.2, 0.25) is 0 Å². The molecule has 2 rings (SSSR count). The van der Waals surface area contributed by atoms with Gasteiger partial charge in [0.25, 0.3) is 0 Å². The lowest BCUT2D eigenvalue weighted by atomic mass is 10.0. The lowest BCUT2D eigenvalue weighted by molar-refractivity contribution is 0.538. The zero-order valence-electron chi connectivity index (χ0n) is 9.41. The van der Waals surface area contributed by atoms with Crippen molar-refractivity contribution in [2.24, 2.45) is 0 Å². The van der Waals surface area contributed by atoms with E-state index in [4.69, 9.17) is 4.42 Å². The summed E-state index contributed by atoms with van der Waals surface area (Å²) in [6, 6.07) is 6.75. The van der Waals surface area contributed by atoms with Gasteiger partial charge in [0.05, 0.1) is 18.6 Å². The van der Waals surface area contributed by atoms with Gasteiger partial charge in [0.15, 0.2) is 0 Å². The molecule has 1 atom stereocenters. The smallest absolute Gasteiger partial charge is 0.129 e. The van der Waals surface area contributed by atoms with E-state index in [1.54, 1.807) is 18.6 Å². The predicted molar refractivity (Wildman–Crippen MR) is 68.3 cm³/mol. The quantitative estimate of drug-likeness (QED) is 0.926. The van der Waals surface area contributed by atoms with Gasteiger partial charge in [-0.15, -0.1) is 0 Å². The molecule has 0 aliphatic heterocycles. The second-order valence-electron chi connectivity index (χ2n) is 3.71. The van der Waals surface area contributed by atoms with E-state index in [1.807, 2.05) is 19.1 Å². The molecule has 2 nitrogen and oxygen atoms in total. The Morgan fingerprint density at radius 1 is 1.41 bits per heavy atom. The van der Waals surface area contributed by atoms with Gasteiger partial charge in [-0.1, -0.05) is 28.9 Å². The molecule has 90 valence electrons. The van der Waals surface area contributed by atoms with Gasteiger partial charge in [-0.05, 0) is 24.7 Å². The van der Waals surface area contributed by atoms with E-state index < -0.39 is 0 Å². The first-order valence-electron chi connectivity index (χ1n) is 5.42. The third-order valence-corrected chi connectivity index (χ3v) is 3.05. The first kappa shape index (κ1) is 12.3. The van der Waals surface area contributed by atoms with E-state index in [0.717, 1.165) is 16.6 Å². The summed E-state index contributed by atoms with van der Waals surface area (Å²) in [6.07, 6.45) is 3.23. The number of hydrogen-bond acceptors (Lipinski definition) is 2. The summed E-state index contributed by atoms with van der Waals surface area (Å²) in [6.45, 7) is 2.75. The molecule has 0 bridgehead atoms. The molecule has 0 amide bonds. The normalized spacial score (nSPS) is 12.6. The molecule has 17 heavy (non-hydrogen) atoms. The molecule has 1 unspecified atom stereocenters. The standard InChI is InChI=1S/C13H13BrFNO/c1-2-16-13(9-5-6-17-8-9)11-4-3-10(14)7-12(11)15/h3-8,13,16H,2H2,1H3. The Bertz CT molecular complexity index is 484. The van der Waals surface area contributed by atoms with Crippen molar-refractivity contribution >= 4 is 15.9 Å². The highest BCUT2D eigenvalue weighted by Gasteiger charge is 2.17. The Morgan fingerprint density at radius 2 is 2.24 bits per heavy atom. The number of hydrogen-bond donors (Lipinski definition) is 1. The zero-order valence-corrected chi connectivity index (χ0v) is 11.0. The van der Waals surface area contributed by atoms with Crippen molar-refractivity contribution in [1.82, 2.24) is 5.32 Å². The summed E-state index contributed by atoms with van der Waals surface area (Å²) in [5, 5.41) is 3.25. The summed E-state index contributed by atoms with van der Waals surface area (Å²) < 4.78 is 19.7. The molecule has 0 saturated heterocycles. The minimum Gasteiger partial charge on any atom is -0.472 e. The lowest BCUT2D eigenvalue weighted by Gasteiger charge is -2.17. The first-order chi connectivity index (χ1) is 8.22. The summed E-state index contributed by atoms with van der Waals surface area (Å²) in [7, 11) is 0. The van der Waals surface area contributed by atoms with Crippen LogP contribution in [0, 0.1) is 5.82 Å². The molecular formula is C13H13BrFNO. The van der Waals surface area contributed by atoms with Crippen LogP contribution in [-0.4, -0.2) is 6.54 Å². The number of nitrogens with one attached hydrogen (secondary N) is 1. The Labute approximate surface area is 108 Å². The molecule has 4 heteroatoms. The van der Waals surface area contributed by atoms with Gasteiger partial charge in [-0.25, -0.2) is 4.39 Å². The van der Waals surface area contributed by atoms with Crippen molar-refractivity contribution in [3.8, 4) is 0 Å². The van der Waals surface area contributed by atoms with Gasteiger partial charge in [0, 0.05) is 15.6 Å². The number of halogens is 2. The topological polar surface area (TPSA) is 25.2 Å². The second kappa shape index (κ2) is 5.47. The average molecular weight is 298 g/mol. The lowest BCUT2D eigenvalue weighted by Crippen LogP contribution is -2.22. The highest BCUT2D eigenvalue weighted by Crippen LogP contribution is 2.26. The molecule has 1 N–H and O–H groups in total. The van der Waals surface area contributed by atoms with E-state index in [9.17, 15) is 4.39 Å². The molecule has 2 aromatic rings.